The molecule has 0 aliphatic carbocycles. The first-order valence-corrected chi connectivity index (χ1v) is 4.56. The van der Waals surface area contributed by atoms with Gasteiger partial charge >= 0.3 is 0 Å². The normalized spacial score (nSPS) is 14.0. The average molecular weight is 203 g/mol. The van der Waals surface area contributed by atoms with Crippen molar-refractivity contribution in [2.24, 2.45) is 0 Å². The molecule has 10 heavy (non-hydrogen) atoms. The smallest absolute Gasteiger partial charge is 0.0163 e. The van der Waals surface area contributed by atoms with Gasteiger partial charge in [0.25, 0.3) is 0 Å². The molecular formula is C9H15Br. The molecule has 0 aliphatic heterocycles. The first-order valence-electron chi connectivity index (χ1n) is 3.77. The average Bonchev–Trinajstić information content (AvgIpc) is 1.91. The number of halogens is 1. The molecule has 0 radical (unpaired) electrons. The van der Waals surface area contributed by atoms with Gasteiger partial charge in [-0.2, -0.15) is 0 Å². The summed E-state index contributed by atoms with van der Waals surface area (Å²) in [6.07, 6.45) is 6.54. The summed E-state index contributed by atoms with van der Waals surface area (Å²) in [5, 5.41) is 0. The van der Waals surface area contributed by atoms with E-state index < -0.39 is 0 Å². The van der Waals surface area contributed by atoms with Gasteiger partial charge in [-0.25, -0.2) is 0 Å². The number of hydrogen-bond acceptors (Lipinski definition) is 0. The van der Waals surface area contributed by atoms with Crippen molar-refractivity contribution in [3.05, 3.63) is 22.2 Å². The highest BCUT2D eigenvalue weighted by molar-refractivity contribution is 9.12. The summed E-state index contributed by atoms with van der Waals surface area (Å²) in [6, 6.07) is 0. The van der Waals surface area contributed by atoms with Crippen LogP contribution in [0.2, 0.25) is 0 Å². The standard InChI is InChI=1S/C9H15Br/c1-4-7-9(10)8(5-2)6-3/h5,7H,4,6H2,1-3H3/b8-5-,9-7+. The minimum atomic E-state index is 1.10. The molecule has 0 aromatic carbocycles. The lowest BCUT2D eigenvalue weighted by molar-refractivity contribution is 1.12. The first-order chi connectivity index (χ1) is 4.76. The maximum atomic E-state index is 3.52. The predicted molar refractivity (Wildman–Crippen MR) is 51.3 cm³/mol. The molecule has 0 N–H and O–H groups in total. The van der Waals surface area contributed by atoms with Gasteiger partial charge in [0.15, 0.2) is 0 Å². The largest absolute Gasteiger partial charge is 0.0833 e. The second kappa shape index (κ2) is 5.72. The van der Waals surface area contributed by atoms with E-state index in [2.05, 4.69) is 48.9 Å². The highest BCUT2D eigenvalue weighted by Crippen LogP contribution is 2.20. The van der Waals surface area contributed by atoms with E-state index in [0.717, 1.165) is 12.8 Å². The van der Waals surface area contributed by atoms with Crippen molar-refractivity contribution >= 4 is 15.9 Å². The summed E-state index contributed by atoms with van der Waals surface area (Å²) < 4.78 is 1.25. The summed E-state index contributed by atoms with van der Waals surface area (Å²) in [5.74, 6) is 0. The van der Waals surface area contributed by atoms with Gasteiger partial charge in [0.1, 0.15) is 0 Å². The Hall–Kier alpha value is -0.0400. The van der Waals surface area contributed by atoms with Crippen LogP contribution in [-0.4, -0.2) is 0 Å². The fourth-order valence-electron chi connectivity index (χ4n) is 0.821. The van der Waals surface area contributed by atoms with E-state index in [1.54, 1.807) is 0 Å². The van der Waals surface area contributed by atoms with E-state index in [0.29, 0.717) is 0 Å². The summed E-state index contributed by atoms with van der Waals surface area (Å²) in [7, 11) is 0. The number of hydrogen-bond donors (Lipinski definition) is 0. The molecule has 0 saturated heterocycles. The molecule has 58 valence electrons. The van der Waals surface area contributed by atoms with Gasteiger partial charge in [-0.1, -0.05) is 41.9 Å². The molecule has 0 heterocycles. The van der Waals surface area contributed by atoms with E-state index in [1.165, 1.54) is 10.1 Å². The maximum Gasteiger partial charge on any atom is 0.0163 e. The third-order valence-corrected chi connectivity index (χ3v) is 2.25. The van der Waals surface area contributed by atoms with Gasteiger partial charge in [-0.3, -0.25) is 0 Å². The van der Waals surface area contributed by atoms with Gasteiger partial charge in [-0.15, -0.1) is 0 Å². The van der Waals surface area contributed by atoms with Crippen LogP contribution >= 0.6 is 15.9 Å². The van der Waals surface area contributed by atoms with E-state index in [4.69, 9.17) is 0 Å². The van der Waals surface area contributed by atoms with Crippen molar-refractivity contribution in [2.75, 3.05) is 0 Å². The fourth-order valence-corrected chi connectivity index (χ4v) is 1.65. The van der Waals surface area contributed by atoms with Gasteiger partial charge in [0, 0.05) is 4.48 Å². The van der Waals surface area contributed by atoms with Crippen LogP contribution in [0, 0.1) is 0 Å². The van der Waals surface area contributed by atoms with Crippen molar-refractivity contribution in [3.8, 4) is 0 Å². The molecule has 0 saturated carbocycles. The zero-order valence-electron chi connectivity index (χ0n) is 6.95. The fraction of sp³-hybridized carbons (Fsp3) is 0.556. The molecule has 0 atom stereocenters. The van der Waals surface area contributed by atoms with Gasteiger partial charge in [-0.05, 0) is 25.3 Å². The van der Waals surface area contributed by atoms with Crippen molar-refractivity contribution in [1.29, 1.82) is 0 Å². The Labute approximate surface area is 72.1 Å². The molecule has 1 heteroatoms. The highest BCUT2D eigenvalue weighted by Gasteiger charge is 1.94. The zero-order chi connectivity index (χ0) is 7.98. The van der Waals surface area contributed by atoms with Crippen LogP contribution in [0.5, 0.6) is 0 Å². The molecule has 0 bridgehead atoms. The van der Waals surface area contributed by atoms with Crippen molar-refractivity contribution in [3.63, 3.8) is 0 Å². The quantitative estimate of drug-likeness (QED) is 0.607. The Kier molecular flexibility index (Phi) is 5.70. The second-order valence-electron chi connectivity index (χ2n) is 2.13. The Morgan fingerprint density at radius 2 is 2.00 bits per heavy atom. The van der Waals surface area contributed by atoms with E-state index in [-0.39, 0.29) is 0 Å². The summed E-state index contributed by atoms with van der Waals surface area (Å²) in [6.45, 7) is 6.38. The lowest BCUT2D eigenvalue weighted by atomic mass is 10.2. The SMILES string of the molecule is C/C=C(CC)\C(Br)=C/CC. The second-order valence-corrected chi connectivity index (χ2v) is 2.98. The first kappa shape index (κ1) is 9.96. The van der Waals surface area contributed by atoms with Gasteiger partial charge in [0.2, 0.25) is 0 Å². The number of rotatable bonds is 3. The van der Waals surface area contributed by atoms with Crippen molar-refractivity contribution in [2.45, 2.75) is 33.6 Å². The highest BCUT2D eigenvalue weighted by atomic mass is 79.9. The van der Waals surface area contributed by atoms with Crippen LogP contribution in [0.25, 0.3) is 0 Å². The Balaban J connectivity index is 4.16. The van der Waals surface area contributed by atoms with Crippen molar-refractivity contribution < 1.29 is 0 Å². The minimum Gasteiger partial charge on any atom is -0.0833 e. The number of allylic oxidation sites excluding steroid dienone is 4. The Bertz CT molecular complexity index is 143. The zero-order valence-corrected chi connectivity index (χ0v) is 8.53. The molecule has 0 spiro atoms. The van der Waals surface area contributed by atoms with Crippen LogP contribution in [0.3, 0.4) is 0 Å². The van der Waals surface area contributed by atoms with Crippen LogP contribution in [-0.2, 0) is 0 Å². The molecule has 0 amide bonds. The summed E-state index contributed by atoms with van der Waals surface area (Å²) >= 11 is 3.52. The van der Waals surface area contributed by atoms with E-state index >= 15 is 0 Å². The molecule has 0 fully saturated rings. The maximum absolute atomic E-state index is 3.52. The summed E-state index contributed by atoms with van der Waals surface area (Å²) in [5.41, 5.74) is 1.39. The molecule has 0 unspecified atom stereocenters. The van der Waals surface area contributed by atoms with Crippen LogP contribution < -0.4 is 0 Å². The van der Waals surface area contributed by atoms with Gasteiger partial charge < -0.3 is 0 Å². The third-order valence-electron chi connectivity index (χ3n) is 1.42. The lowest BCUT2D eigenvalue weighted by Crippen LogP contribution is -1.78. The third kappa shape index (κ3) is 3.21. The van der Waals surface area contributed by atoms with Gasteiger partial charge in [0.05, 0.1) is 0 Å². The van der Waals surface area contributed by atoms with Crippen LogP contribution in [0.15, 0.2) is 22.2 Å². The van der Waals surface area contributed by atoms with Crippen molar-refractivity contribution in [1.82, 2.24) is 0 Å². The molecule has 0 nitrogen and oxygen atoms in total. The predicted octanol–water partition coefficient (Wildman–Crippen LogP) is 4.03. The Morgan fingerprint density at radius 1 is 1.40 bits per heavy atom. The van der Waals surface area contributed by atoms with E-state index in [1.807, 2.05) is 0 Å². The Morgan fingerprint density at radius 3 is 2.30 bits per heavy atom. The molecule has 0 aromatic rings. The molecular weight excluding hydrogens is 188 g/mol. The molecule has 0 rings (SSSR count). The summed E-state index contributed by atoms with van der Waals surface area (Å²) in [4.78, 5) is 0. The van der Waals surface area contributed by atoms with Crippen LogP contribution in [0.1, 0.15) is 33.6 Å². The molecule has 0 aliphatic rings. The lowest BCUT2D eigenvalue weighted by Gasteiger charge is -2.00. The van der Waals surface area contributed by atoms with E-state index in [9.17, 15) is 0 Å². The monoisotopic (exact) mass is 202 g/mol. The van der Waals surface area contributed by atoms with Crippen LogP contribution in [0.4, 0.5) is 0 Å². The topological polar surface area (TPSA) is 0 Å². The molecule has 0 aromatic heterocycles. The minimum absolute atomic E-state index is 1.10.